The van der Waals surface area contributed by atoms with E-state index < -0.39 is 25.1 Å². The highest BCUT2D eigenvalue weighted by Gasteiger charge is 2.23. The number of sulfone groups is 1. The average Bonchev–Trinajstić information content (AvgIpc) is 2.96. The molecular formula is C13H16ClN3O5S2. The molecule has 0 saturated heterocycles. The van der Waals surface area contributed by atoms with Gasteiger partial charge in [0, 0.05) is 18.0 Å². The van der Waals surface area contributed by atoms with Gasteiger partial charge in [0.05, 0.1) is 11.5 Å². The minimum atomic E-state index is -3.80. The second-order valence-corrected chi connectivity index (χ2v) is 9.30. The zero-order chi connectivity index (χ0) is 17.8. The highest BCUT2D eigenvalue weighted by molar-refractivity contribution is 7.90. The van der Waals surface area contributed by atoms with Crippen LogP contribution >= 0.6 is 11.6 Å². The van der Waals surface area contributed by atoms with E-state index in [4.69, 9.17) is 16.0 Å². The van der Waals surface area contributed by atoms with Gasteiger partial charge < -0.3 is 4.42 Å². The topological polar surface area (TPSA) is 119 Å². The van der Waals surface area contributed by atoms with E-state index in [1.807, 2.05) is 0 Å². The third-order valence-corrected chi connectivity index (χ3v) is 6.05. The molecule has 0 radical (unpaired) electrons. The monoisotopic (exact) mass is 393 g/mol. The van der Waals surface area contributed by atoms with Crippen molar-refractivity contribution in [3.8, 4) is 0 Å². The van der Waals surface area contributed by atoms with Gasteiger partial charge in [-0.1, -0.05) is 28.8 Å². The Balaban J connectivity index is 2.03. The van der Waals surface area contributed by atoms with E-state index in [1.165, 1.54) is 13.0 Å². The van der Waals surface area contributed by atoms with Crippen molar-refractivity contribution >= 4 is 31.5 Å². The SMILES string of the molecule is CCS(=O)(=O)NCCc1nnc(S(=O)(=O)Cc2cccc(Cl)c2)o1. The maximum atomic E-state index is 12.3. The van der Waals surface area contributed by atoms with Crippen molar-refractivity contribution in [2.45, 2.75) is 24.3 Å². The van der Waals surface area contributed by atoms with Gasteiger partial charge in [0.15, 0.2) is 0 Å². The normalized spacial score (nSPS) is 12.4. The van der Waals surface area contributed by atoms with Gasteiger partial charge in [0.1, 0.15) is 0 Å². The average molecular weight is 394 g/mol. The van der Waals surface area contributed by atoms with Gasteiger partial charge in [-0.3, -0.25) is 0 Å². The van der Waals surface area contributed by atoms with Crippen molar-refractivity contribution in [1.29, 1.82) is 0 Å². The molecule has 2 aromatic rings. The first-order valence-corrected chi connectivity index (χ1v) is 10.7. The molecule has 24 heavy (non-hydrogen) atoms. The molecule has 0 unspecified atom stereocenters. The number of aromatic nitrogens is 2. The summed E-state index contributed by atoms with van der Waals surface area (Å²) >= 11 is 5.83. The molecule has 11 heteroatoms. The summed E-state index contributed by atoms with van der Waals surface area (Å²) in [5.74, 6) is -0.327. The Bertz CT molecular complexity index is 909. The molecule has 0 fully saturated rings. The number of benzene rings is 1. The number of sulfonamides is 1. The second kappa shape index (κ2) is 7.60. The summed E-state index contributed by atoms with van der Waals surface area (Å²) in [4.78, 5) is 0. The van der Waals surface area contributed by atoms with Crippen molar-refractivity contribution in [3.63, 3.8) is 0 Å². The lowest BCUT2D eigenvalue weighted by Gasteiger charge is -2.02. The van der Waals surface area contributed by atoms with E-state index in [1.54, 1.807) is 18.2 Å². The third kappa shape index (κ3) is 5.26. The van der Waals surface area contributed by atoms with E-state index in [9.17, 15) is 16.8 Å². The van der Waals surface area contributed by atoms with Crippen molar-refractivity contribution in [2.24, 2.45) is 0 Å². The molecule has 0 amide bonds. The number of hydrogen-bond donors (Lipinski definition) is 1. The van der Waals surface area contributed by atoms with E-state index in [0.29, 0.717) is 10.6 Å². The Kier molecular flexibility index (Phi) is 5.97. The fraction of sp³-hybridized carbons (Fsp3) is 0.385. The minimum Gasteiger partial charge on any atom is -0.412 e. The van der Waals surface area contributed by atoms with Gasteiger partial charge in [-0.2, -0.15) is 0 Å². The largest absolute Gasteiger partial charge is 0.412 e. The molecule has 0 aliphatic heterocycles. The van der Waals surface area contributed by atoms with Gasteiger partial charge in [0.2, 0.25) is 25.8 Å². The number of halogens is 1. The summed E-state index contributed by atoms with van der Waals surface area (Å²) < 4.78 is 54.6. The van der Waals surface area contributed by atoms with Crippen LogP contribution in [0.5, 0.6) is 0 Å². The predicted molar refractivity (Wildman–Crippen MR) is 87.8 cm³/mol. The molecule has 132 valence electrons. The van der Waals surface area contributed by atoms with Crippen LogP contribution in [-0.2, 0) is 32.0 Å². The smallest absolute Gasteiger partial charge is 0.335 e. The summed E-state index contributed by atoms with van der Waals surface area (Å²) in [7, 11) is -7.13. The summed E-state index contributed by atoms with van der Waals surface area (Å²) in [6, 6.07) is 6.45. The van der Waals surface area contributed by atoms with Crippen LogP contribution in [0.1, 0.15) is 18.4 Å². The van der Waals surface area contributed by atoms with Crippen LogP contribution in [0.25, 0.3) is 0 Å². The molecule has 1 heterocycles. The first kappa shape index (κ1) is 18.8. The first-order chi connectivity index (χ1) is 11.2. The van der Waals surface area contributed by atoms with Crippen LogP contribution in [0.3, 0.4) is 0 Å². The van der Waals surface area contributed by atoms with Gasteiger partial charge in [-0.25, -0.2) is 21.6 Å². The maximum absolute atomic E-state index is 12.3. The highest BCUT2D eigenvalue weighted by atomic mass is 35.5. The molecule has 1 aromatic carbocycles. The fourth-order valence-corrected chi connectivity index (χ4v) is 3.75. The summed E-state index contributed by atoms with van der Waals surface area (Å²) in [5.41, 5.74) is 0.498. The third-order valence-electron chi connectivity index (χ3n) is 3.00. The molecule has 0 saturated carbocycles. The second-order valence-electron chi connectivity index (χ2n) is 4.90. The number of hydrogen-bond acceptors (Lipinski definition) is 7. The lowest BCUT2D eigenvalue weighted by Crippen LogP contribution is -2.27. The van der Waals surface area contributed by atoms with E-state index in [2.05, 4.69) is 14.9 Å². The Hall–Kier alpha value is -1.49. The Labute approximate surface area is 145 Å². The molecule has 8 nitrogen and oxygen atoms in total. The molecule has 2 rings (SSSR count). The van der Waals surface area contributed by atoms with Gasteiger partial charge >= 0.3 is 5.22 Å². The number of rotatable bonds is 8. The van der Waals surface area contributed by atoms with Crippen LogP contribution in [0, 0.1) is 0 Å². The highest BCUT2D eigenvalue weighted by Crippen LogP contribution is 2.18. The van der Waals surface area contributed by atoms with Crippen LogP contribution in [0.4, 0.5) is 0 Å². The van der Waals surface area contributed by atoms with Crippen LogP contribution in [0.2, 0.25) is 5.02 Å². The lowest BCUT2D eigenvalue weighted by atomic mass is 10.2. The fourth-order valence-electron chi connectivity index (χ4n) is 1.79. The van der Waals surface area contributed by atoms with Crippen LogP contribution in [0.15, 0.2) is 33.9 Å². The van der Waals surface area contributed by atoms with E-state index in [-0.39, 0.29) is 30.4 Å². The molecule has 1 aromatic heterocycles. The summed E-state index contributed by atoms with van der Waals surface area (Å²) in [6.45, 7) is 1.56. The number of nitrogens with one attached hydrogen (secondary N) is 1. The summed E-state index contributed by atoms with van der Waals surface area (Å²) in [6.07, 6.45) is 0.0961. The standard InChI is InChI=1S/C13H16ClN3O5S2/c1-2-24(20,21)15-7-6-12-16-17-13(22-12)23(18,19)9-10-4-3-5-11(14)8-10/h3-5,8,15H,2,6-7,9H2,1H3. The van der Waals surface area contributed by atoms with Crippen molar-refractivity contribution in [1.82, 2.24) is 14.9 Å². The van der Waals surface area contributed by atoms with Crippen LogP contribution in [-0.4, -0.2) is 39.3 Å². The van der Waals surface area contributed by atoms with Crippen molar-refractivity contribution < 1.29 is 21.3 Å². The molecule has 0 aliphatic carbocycles. The van der Waals surface area contributed by atoms with E-state index in [0.717, 1.165) is 0 Å². The zero-order valence-corrected chi connectivity index (χ0v) is 15.2. The quantitative estimate of drug-likeness (QED) is 0.714. The molecule has 0 atom stereocenters. The van der Waals surface area contributed by atoms with Gasteiger partial charge in [-0.05, 0) is 24.6 Å². The predicted octanol–water partition coefficient (Wildman–Crippen LogP) is 1.18. The Morgan fingerprint density at radius 2 is 1.96 bits per heavy atom. The summed E-state index contributed by atoms with van der Waals surface area (Å²) in [5, 5.41) is 7.08. The molecule has 1 N–H and O–H groups in total. The molecular weight excluding hydrogens is 378 g/mol. The molecule has 0 aliphatic rings. The van der Waals surface area contributed by atoms with Gasteiger partial charge in [-0.15, -0.1) is 5.10 Å². The minimum absolute atomic E-state index is 0.0403. The molecule has 0 spiro atoms. The van der Waals surface area contributed by atoms with Crippen molar-refractivity contribution in [3.05, 3.63) is 40.7 Å². The molecule has 0 bridgehead atoms. The maximum Gasteiger partial charge on any atom is 0.335 e. The van der Waals surface area contributed by atoms with E-state index >= 15 is 0 Å². The van der Waals surface area contributed by atoms with Crippen molar-refractivity contribution in [2.75, 3.05) is 12.3 Å². The lowest BCUT2D eigenvalue weighted by molar-refractivity contribution is 0.396. The Morgan fingerprint density at radius 3 is 2.62 bits per heavy atom. The number of nitrogens with zero attached hydrogens (tertiary/aromatic N) is 2. The first-order valence-electron chi connectivity index (χ1n) is 6.99. The zero-order valence-electron chi connectivity index (χ0n) is 12.8. The Morgan fingerprint density at radius 1 is 1.21 bits per heavy atom. The van der Waals surface area contributed by atoms with Crippen LogP contribution < -0.4 is 4.72 Å². The van der Waals surface area contributed by atoms with Gasteiger partial charge in [0.25, 0.3) is 0 Å².